The van der Waals surface area contributed by atoms with Crippen LogP contribution in [0.2, 0.25) is 0 Å². The molecule has 0 fully saturated rings. The molecule has 33 heavy (non-hydrogen) atoms. The number of fused-ring (bicyclic) bond motifs is 1. The normalized spacial score (nSPS) is 14.2. The first-order valence-electron chi connectivity index (χ1n) is 9.81. The number of carbonyl (C=O) groups is 2. The lowest BCUT2D eigenvalue weighted by Crippen LogP contribution is -2.53. The fourth-order valence-corrected chi connectivity index (χ4v) is 5.87. The average Bonchev–Trinajstić information content (AvgIpc) is 3.02. The van der Waals surface area contributed by atoms with Crippen molar-refractivity contribution in [3.05, 3.63) is 106 Å². The number of sulfonamides is 1. The Bertz CT molecular complexity index is 1350. The van der Waals surface area contributed by atoms with Crippen molar-refractivity contribution >= 4 is 55.1 Å². The van der Waals surface area contributed by atoms with Gasteiger partial charge in [0.25, 0.3) is 21.8 Å². The smallest absolute Gasteiger partial charge is 0.266 e. The van der Waals surface area contributed by atoms with Gasteiger partial charge in [-0.2, -0.15) is 0 Å². The molecule has 0 bridgehead atoms. The molecule has 0 radical (unpaired) electrons. The molecule has 1 aliphatic rings. The van der Waals surface area contributed by atoms with Crippen molar-refractivity contribution < 1.29 is 18.0 Å². The number of anilines is 1. The van der Waals surface area contributed by atoms with Crippen LogP contribution < -0.4 is 4.31 Å². The van der Waals surface area contributed by atoms with Gasteiger partial charge in [0.1, 0.15) is 0 Å². The van der Waals surface area contributed by atoms with Gasteiger partial charge in [-0.3, -0.25) is 9.59 Å². The number of benzene rings is 3. The van der Waals surface area contributed by atoms with Crippen molar-refractivity contribution in [2.75, 3.05) is 4.31 Å². The van der Waals surface area contributed by atoms with E-state index in [0.717, 1.165) is 14.8 Å². The van der Waals surface area contributed by atoms with E-state index in [1.807, 2.05) is 6.92 Å². The molecule has 2 amide bonds. The number of carbonyl (C=O) groups excluding carboxylic acids is 2. The summed E-state index contributed by atoms with van der Waals surface area (Å²) in [7, 11) is -4.28. The van der Waals surface area contributed by atoms with Gasteiger partial charge in [-0.1, -0.05) is 70.0 Å². The third-order valence-electron chi connectivity index (χ3n) is 5.21. The van der Waals surface area contributed by atoms with E-state index in [0.29, 0.717) is 4.47 Å². The lowest BCUT2D eigenvalue weighted by molar-refractivity contribution is 0.0619. The van der Waals surface area contributed by atoms with Crippen LogP contribution in [0.1, 0.15) is 26.3 Å². The summed E-state index contributed by atoms with van der Waals surface area (Å²) in [5, 5.41) is -0.208. The summed E-state index contributed by atoms with van der Waals surface area (Å²) in [5.41, 5.74) is 1.43. The second kappa shape index (κ2) is 8.78. The highest BCUT2D eigenvalue weighted by Gasteiger charge is 2.46. The Morgan fingerprint density at radius 3 is 2.06 bits per heavy atom. The van der Waals surface area contributed by atoms with Crippen LogP contribution in [0.25, 0.3) is 0 Å². The molecule has 9 heteroatoms. The molecule has 0 N–H and O–H groups in total. The SMILES string of the molecule is C=C(Cl)C(N1C(=O)c2ccccc2C1=O)N(c1cccc(Br)c1)S(=O)(=O)c1ccc(C)cc1. The van der Waals surface area contributed by atoms with Gasteiger partial charge in [-0.25, -0.2) is 17.6 Å². The summed E-state index contributed by atoms with van der Waals surface area (Å²) in [5.74, 6) is -1.30. The summed E-state index contributed by atoms with van der Waals surface area (Å²) in [4.78, 5) is 27.3. The number of aryl methyl sites for hydroxylation is 1. The summed E-state index contributed by atoms with van der Waals surface area (Å²) in [6.07, 6.45) is -1.50. The van der Waals surface area contributed by atoms with Crippen molar-refractivity contribution in [1.29, 1.82) is 0 Å². The van der Waals surface area contributed by atoms with E-state index in [1.54, 1.807) is 48.5 Å². The molecular weight excluding hydrogens is 528 g/mol. The molecule has 1 heterocycles. The molecule has 3 aromatic carbocycles. The first kappa shape index (κ1) is 23.2. The lowest BCUT2D eigenvalue weighted by atomic mass is 10.1. The minimum Gasteiger partial charge on any atom is -0.268 e. The molecule has 168 valence electrons. The highest BCUT2D eigenvalue weighted by atomic mass is 79.9. The van der Waals surface area contributed by atoms with Crippen LogP contribution in [0.3, 0.4) is 0 Å². The maximum atomic E-state index is 13.9. The van der Waals surface area contributed by atoms with Crippen LogP contribution in [-0.4, -0.2) is 31.3 Å². The Morgan fingerprint density at radius 2 is 1.55 bits per heavy atom. The Balaban J connectivity index is 1.94. The van der Waals surface area contributed by atoms with Crippen LogP contribution in [0, 0.1) is 6.92 Å². The van der Waals surface area contributed by atoms with Gasteiger partial charge in [0.05, 0.1) is 26.7 Å². The molecule has 0 aromatic heterocycles. The Kier molecular flexibility index (Phi) is 6.18. The number of nitrogens with zero attached hydrogens (tertiary/aromatic N) is 2. The van der Waals surface area contributed by atoms with E-state index in [9.17, 15) is 18.0 Å². The first-order chi connectivity index (χ1) is 15.6. The number of amides is 2. The Hall–Kier alpha value is -2.94. The number of rotatable bonds is 6. The second-order valence-corrected chi connectivity index (χ2v) is 10.7. The lowest BCUT2D eigenvalue weighted by Gasteiger charge is -2.36. The van der Waals surface area contributed by atoms with E-state index in [4.69, 9.17) is 11.6 Å². The molecule has 0 spiro atoms. The standard InChI is InChI=1S/C24H18BrClN2O4S/c1-15-10-12-19(13-11-15)33(31,32)28(18-7-5-6-17(25)14-18)22(16(2)26)27-23(29)20-8-3-4-9-21(20)24(27)30/h3-14,22H,2H2,1H3. The molecule has 1 unspecified atom stereocenters. The predicted molar refractivity (Wildman–Crippen MR) is 131 cm³/mol. The molecule has 1 atom stereocenters. The minimum absolute atomic E-state index is 0.0207. The molecular formula is C24H18BrClN2O4S. The Labute approximate surface area is 205 Å². The summed E-state index contributed by atoms with van der Waals surface area (Å²) < 4.78 is 29.4. The molecule has 0 saturated carbocycles. The monoisotopic (exact) mass is 544 g/mol. The van der Waals surface area contributed by atoms with Gasteiger partial charge in [0.15, 0.2) is 6.17 Å². The van der Waals surface area contributed by atoms with Crippen molar-refractivity contribution in [2.24, 2.45) is 0 Å². The highest BCUT2D eigenvalue weighted by molar-refractivity contribution is 9.10. The van der Waals surface area contributed by atoms with E-state index in [-0.39, 0.29) is 26.7 Å². The van der Waals surface area contributed by atoms with E-state index < -0.39 is 28.0 Å². The molecule has 0 aliphatic carbocycles. The fourth-order valence-electron chi connectivity index (χ4n) is 3.65. The van der Waals surface area contributed by atoms with Gasteiger partial charge < -0.3 is 0 Å². The van der Waals surface area contributed by atoms with Crippen molar-refractivity contribution in [3.8, 4) is 0 Å². The first-order valence-corrected chi connectivity index (χ1v) is 12.4. The minimum atomic E-state index is -4.28. The van der Waals surface area contributed by atoms with Crippen LogP contribution in [0.4, 0.5) is 5.69 Å². The van der Waals surface area contributed by atoms with Gasteiger partial charge in [-0.05, 0) is 49.4 Å². The zero-order valence-corrected chi connectivity index (χ0v) is 20.6. The summed E-state index contributed by atoms with van der Waals surface area (Å²) in [6.45, 7) is 5.56. The van der Waals surface area contributed by atoms with Crippen LogP contribution in [0.5, 0.6) is 0 Å². The van der Waals surface area contributed by atoms with Gasteiger partial charge >= 0.3 is 0 Å². The maximum Gasteiger partial charge on any atom is 0.266 e. The molecule has 0 saturated heterocycles. The van der Waals surface area contributed by atoms with Crippen LogP contribution >= 0.6 is 27.5 Å². The third kappa shape index (κ3) is 4.10. The van der Waals surface area contributed by atoms with E-state index in [1.165, 1.54) is 24.3 Å². The predicted octanol–water partition coefficient (Wildman–Crippen LogP) is 5.33. The fraction of sp³-hybridized carbons (Fsp3) is 0.0833. The van der Waals surface area contributed by atoms with E-state index in [2.05, 4.69) is 22.5 Å². The van der Waals surface area contributed by atoms with Gasteiger partial charge in [0, 0.05) is 4.47 Å². The zero-order chi connectivity index (χ0) is 23.9. The quantitative estimate of drug-likeness (QED) is 0.393. The van der Waals surface area contributed by atoms with Gasteiger partial charge in [0.2, 0.25) is 0 Å². The average molecular weight is 546 g/mol. The van der Waals surface area contributed by atoms with Gasteiger partial charge in [-0.15, -0.1) is 0 Å². The van der Waals surface area contributed by atoms with Crippen LogP contribution in [0.15, 0.2) is 93.8 Å². The summed E-state index contributed by atoms with van der Waals surface area (Å²) in [6, 6.07) is 19.1. The van der Waals surface area contributed by atoms with E-state index >= 15 is 0 Å². The van der Waals surface area contributed by atoms with Crippen molar-refractivity contribution in [3.63, 3.8) is 0 Å². The zero-order valence-electron chi connectivity index (χ0n) is 17.4. The summed E-state index contributed by atoms with van der Waals surface area (Å²) >= 11 is 9.70. The third-order valence-corrected chi connectivity index (χ3v) is 7.70. The number of hydrogen-bond acceptors (Lipinski definition) is 4. The largest absolute Gasteiger partial charge is 0.268 e. The molecule has 3 aromatic rings. The molecule has 6 nitrogen and oxygen atoms in total. The Morgan fingerprint density at radius 1 is 0.970 bits per heavy atom. The van der Waals surface area contributed by atoms with Crippen molar-refractivity contribution in [1.82, 2.24) is 4.90 Å². The highest BCUT2D eigenvalue weighted by Crippen LogP contribution is 2.36. The molecule has 4 rings (SSSR count). The maximum absolute atomic E-state index is 13.9. The second-order valence-electron chi connectivity index (χ2n) is 7.44. The number of imide groups is 1. The van der Waals surface area contributed by atoms with Crippen molar-refractivity contribution in [2.45, 2.75) is 18.0 Å². The molecule has 1 aliphatic heterocycles. The topological polar surface area (TPSA) is 74.8 Å². The number of halogens is 2. The van der Waals surface area contributed by atoms with Crippen LogP contribution in [-0.2, 0) is 10.0 Å². The number of hydrogen-bond donors (Lipinski definition) is 0.